The highest BCUT2D eigenvalue weighted by molar-refractivity contribution is 7.85. The van der Waals surface area contributed by atoms with E-state index >= 15 is 0 Å². The first-order valence-corrected chi connectivity index (χ1v) is 8.31. The molecule has 1 heterocycles. The summed E-state index contributed by atoms with van der Waals surface area (Å²) in [5, 5.41) is 11.2. The second kappa shape index (κ2) is 6.24. The van der Waals surface area contributed by atoms with Gasteiger partial charge in [0.15, 0.2) is 0 Å². The number of hydrogen-bond donors (Lipinski definition) is 1. The Morgan fingerprint density at radius 3 is 2.90 bits per heavy atom. The zero-order valence-corrected chi connectivity index (χ0v) is 13.2. The van der Waals surface area contributed by atoms with Crippen LogP contribution in [0.4, 0.5) is 0 Å². The summed E-state index contributed by atoms with van der Waals surface area (Å²) < 4.78 is 17.1. The number of aliphatic hydroxyl groups is 1. The van der Waals surface area contributed by atoms with Gasteiger partial charge in [-0.25, -0.2) is 0 Å². The summed E-state index contributed by atoms with van der Waals surface area (Å²) in [7, 11) is 4.74. The largest absolute Gasteiger partial charge is 0.497 e. The van der Waals surface area contributed by atoms with Crippen LogP contribution in [0.2, 0.25) is 0 Å². The SMILES string of the molecule is COc1cccc([C@]2(O)CC[S@@](=O)C[C@@H]2CN(C)C)c1. The molecule has 1 N–H and O–H groups in total. The molecule has 112 valence electrons. The molecule has 0 spiro atoms. The van der Waals surface area contributed by atoms with Crippen molar-refractivity contribution in [2.75, 3.05) is 39.3 Å². The van der Waals surface area contributed by atoms with Crippen molar-refractivity contribution in [2.24, 2.45) is 5.92 Å². The molecule has 0 aliphatic carbocycles. The van der Waals surface area contributed by atoms with Gasteiger partial charge in [-0.1, -0.05) is 12.1 Å². The number of ether oxygens (including phenoxy) is 1. The van der Waals surface area contributed by atoms with Crippen molar-refractivity contribution in [3.8, 4) is 5.75 Å². The quantitative estimate of drug-likeness (QED) is 0.908. The van der Waals surface area contributed by atoms with E-state index in [-0.39, 0.29) is 5.92 Å². The Balaban J connectivity index is 2.34. The van der Waals surface area contributed by atoms with Gasteiger partial charge in [0, 0.05) is 34.8 Å². The topological polar surface area (TPSA) is 49.8 Å². The highest BCUT2D eigenvalue weighted by Crippen LogP contribution is 2.38. The number of nitrogens with zero attached hydrogens (tertiary/aromatic N) is 1. The van der Waals surface area contributed by atoms with Crippen molar-refractivity contribution < 1.29 is 14.1 Å². The van der Waals surface area contributed by atoms with E-state index in [2.05, 4.69) is 0 Å². The Morgan fingerprint density at radius 1 is 1.50 bits per heavy atom. The van der Waals surface area contributed by atoms with Gasteiger partial charge in [0.1, 0.15) is 5.75 Å². The first kappa shape index (κ1) is 15.5. The van der Waals surface area contributed by atoms with Crippen molar-refractivity contribution in [2.45, 2.75) is 12.0 Å². The number of methoxy groups -OCH3 is 1. The minimum atomic E-state index is -0.924. The lowest BCUT2D eigenvalue weighted by atomic mass is 9.79. The summed E-state index contributed by atoms with van der Waals surface area (Å²) in [5.41, 5.74) is -0.0624. The van der Waals surface area contributed by atoms with Crippen LogP contribution in [0, 0.1) is 5.92 Å². The fraction of sp³-hybridized carbons (Fsp3) is 0.600. The highest BCUT2D eigenvalue weighted by atomic mass is 32.2. The maximum Gasteiger partial charge on any atom is 0.119 e. The van der Waals surface area contributed by atoms with Gasteiger partial charge in [-0.05, 0) is 38.2 Å². The van der Waals surface area contributed by atoms with Crippen molar-refractivity contribution in [1.82, 2.24) is 4.90 Å². The summed E-state index contributed by atoms with van der Waals surface area (Å²) >= 11 is 0. The Labute approximate surface area is 123 Å². The van der Waals surface area contributed by atoms with E-state index in [1.165, 1.54) is 0 Å². The molecule has 1 aromatic carbocycles. The maximum atomic E-state index is 11.9. The fourth-order valence-corrected chi connectivity index (χ4v) is 4.37. The fourth-order valence-electron chi connectivity index (χ4n) is 2.84. The molecular formula is C15H23NO3S. The van der Waals surface area contributed by atoms with Crippen LogP contribution in [0.1, 0.15) is 12.0 Å². The molecule has 0 amide bonds. The van der Waals surface area contributed by atoms with Crippen molar-refractivity contribution in [3.63, 3.8) is 0 Å². The lowest BCUT2D eigenvalue weighted by molar-refractivity contribution is -0.0304. The Bertz CT molecular complexity index is 492. The van der Waals surface area contributed by atoms with E-state index < -0.39 is 16.4 Å². The lowest BCUT2D eigenvalue weighted by Gasteiger charge is -2.41. The highest BCUT2D eigenvalue weighted by Gasteiger charge is 2.43. The molecule has 0 saturated carbocycles. The van der Waals surface area contributed by atoms with Crippen LogP contribution in [0.5, 0.6) is 5.75 Å². The Hall–Kier alpha value is -0.910. The molecule has 3 atom stereocenters. The predicted octanol–water partition coefficient (Wildman–Crippen LogP) is 1.21. The molecular weight excluding hydrogens is 274 g/mol. The van der Waals surface area contributed by atoms with Crippen molar-refractivity contribution in [3.05, 3.63) is 29.8 Å². The number of hydrogen-bond acceptors (Lipinski definition) is 4. The van der Waals surface area contributed by atoms with Gasteiger partial charge >= 0.3 is 0 Å². The molecule has 20 heavy (non-hydrogen) atoms. The first-order valence-electron chi connectivity index (χ1n) is 6.82. The molecule has 1 aliphatic rings. The second-order valence-electron chi connectivity index (χ2n) is 5.68. The lowest BCUT2D eigenvalue weighted by Crippen LogP contribution is -2.48. The molecule has 1 saturated heterocycles. The van der Waals surface area contributed by atoms with E-state index in [9.17, 15) is 9.32 Å². The van der Waals surface area contributed by atoms with Gasteiger partial charge in [0.25, 0.3) is 0 Å². The van der Waals surface area contributed by atoms with Crippen LogP contribution in [0.25, 0.3) is 0 Å². The van der Waals surface area contributed by atoms with Crippen molar-refractivity contribution >= 4 is 10.8 Å². The zero-order valence-electron chi connectivity index (χ0n) is 12.3. The van der Waals surface area contributed by atoms with E-state index in [1.54, 1.807) is 7.11 Å². The van der Waals surface area contributed by atoms with Crippen LogP contribution in [-0.4, -0.2) is 53.5 Å². The first-order chi connectivity index (χ1) is 9.45. The van der Waals surface area contributed by atoms with Gasteiger partial charge in [-0.15, -0.1) is 0 Å². The third kappa shape index (κ3) is 3.22. The van der Waals surface area contributed by atoms with Crippen LogP contribution < -0.4 is 4.74 Å². The summed E-state index contributed by atoms with van der Waals surface area (Å²) in [4.78, 5) is 2.04. The molecule has 4 nitrogen and oxygen atoms in total. The van der Waals surface area contributed by atoms with Gasteiger partial charge in [-0.2, -0.15) is 0 Å². The minimum absolute atomic E-state index is 0.0285. The second-order valence-corrected chi connectivity index (χ2v) is 7.30. The summed E-state index contributed by atoms with van der Waals surface area (Å²) in [6.07, 6.45) is 0.533. The summed E-state index contributed by atoms with van der Waals surface area (Å²) in [6, 6.07) is 7.58. The predicted molar refractivity (Wildman–Crippen MR) is 81.4 cm³/mol. The third-order valence-electron chi connectivity index (χ3n) is 3.93. The molecule has 2 rings (SSSR count). The average molecular weight is 297 g/mol. The van der Waals surface area contributed by atoms with Gasteiger partial charge in [0.05, 0.1) is 12.7 Å². The Kier molecular flexibility index (Phi) is 4.83. The van der Waals surface area contributed by atoms with Gasteiger partial charge in [0.2, 0.25) is 0 Å². The summed E-state index contributed by atoms with van der Waals surface area (Å²) in [5.74, 6) is 1.81. The van der Waals surface area contributed by atoms with Crippen LogP contribution >= 0.6 is 0 Å². The monoisotopic (exact) mass is 297 g/mol. The standard InChI is InChI=1S/C15H23NO3S/c1-16(2)10-13-11-20(18)8-7-15(13,17)12-5-4-6-14(9-12)19-3/h4-6,9,13,17H,7-8,10-11H2,1-3H3/t13-,15+,20+/m0/s1. The van der Waals surface area contributed by atoms with Crippen LogP contribution in [0.15, 0.2) is 24.3 Å². The maximum absolute atomic E-state index is 11.9. The molecule has 5 heteroatoms. The van der Waals surface area contributed by atoms with Crippen LogP contribution in [-0.2, 0) is 16.4 Å². The third-order valence-corrected chi connectivity index (χ3v) is 5.36. The molecule has 0 aromatic heterocycles. The minimum Gasteiger partial charge on any atom is -0.497 e. The zero-order chi connectivity index (χ0) is 14.8. The number of benzene rings is 1. The van der Waals surface area contributed by atoms with Gasteiger partial charge < -0.3 is 14.7 Å². The average Bonchev–Trinajstić information content (AvgIpc) is 2.42. The molecule has 0 unspecified atom stereocenters. The van der Waals surface area contributed by atoms with E-state index in [0.717, 1.165) is 17.9 Å². The van der Waals surface area contributed by atoms with Crippen LogP contribution in [0.3, 0.4) is 0 Å². The molecule has 1 aromatic rings. The van der Waals surface area contributed by atoms with E-state index in [1.807, 2.05) is 43.3 Å². The van der Waals surface area contributed by atoms with E-state index in [4.69, 9.17) is 4.74 Å². The van der Waals surface area contributed by atoms with Crippen molar-refractivity contribution in [1.29, 1.82) is 0 Å². The van der Waals surface area contributed by atoms with E-state index in [0.29, 0.717) is 17.9 Å². The number of rotatable bonds is 4. The smallest absolute Gasteiger partial charge is 0.119 e. The van der Waals surface area contributed by atoms with Gasteiger partial charge in [-0.3, -0.25) is 4.21 Å². The normalized spacial score (nSPS) is 30.4. The molecule has 0 radical (unpaired) electrons. The Morgan fingerprint density at radius 2 is 2.25 bits per heavy atom. The summed E-state index contributed by atoms with van der Waals surface area (Å²) in [6.45, 7) is 0.722. The molecule has 0 bridgehead atoms. The molecule has 1 aliphatic heterocycles. The molecule has 1 fully saturated rings.